The summed E-state index contributed by atoms with van der Waals surface area (Å²) in [6.07, 6.45) is 4.79. The van der Waals surface area contributed by atoms with Crippen LogP contribution in [0.4, 0.5) is 0 Å². The summed E-state index contributed by atoms with van der Waals surface area (Å²) in [7, 11) is 0. The lowest BCUT2D eigenvalue weighted by atomic mass is 10.1. The minimum atomic E-state index is -0.226. The Morgan fingerprint density at radius 2 is 2.11 bits per heavy atom. The average Bonchev–Trinajstić information content (AvgIpc) is 3.11. The summed E-state index contributed by atoms with van der Waals surface area (Å²) in [5.41, 5.74) is 8.22. The monoisotopic (exact) mass is 255 g/mol. The Balaban J connectivity index is 1.88. The summed E-state index contributed by atoms with van der Waals surface area (Å²) in [5.74, 6) is 0.597. The average molecular weight is 255 g/mol. The van der Waals surface area contributed by atoms with E-state index in [9.17, 15) is 0 Å². The molecule has 3 aromatic rings. The smallest absolute Gasteiger partial charge is 0.213 e. The molecule has 0 aliphatic carbocycles. The van der Waals surface area contributed by atoms with Gasteiger partial charge in [-0.2, -0.15) is 4.98 Å². The van der Waals surface area contributed by atoms with Crippen LogP contribution in [-0.4, -0.2) is 19.7 Å². The number of hydrogen-bond acceptors (Lipinski definition) is 5. The Hall–Kier alpha value is -2.47. The van der Waals surface area contributed by atoms with Crippen LogP contribution in [0.2, 0.25) is 0 Å². The first-order valence-corrected chi connectivity index (χ1v) is 5.90. The maximum absolute atomic E-state index is 6.27. The minimum absolute atomic E-state index is 0.226. The van der Waals surface area contributed by atoms with Crippen molar-refractivity contribution in [1.82, 2.24) is 19.7 Å². The third kappa shape index (κ3) is 2.38. The Morgan fingerprint density at radius 3 is 2.84 bits per heavy atom. The highest BCUT2D eigenvalue weighted by atomic mass is 16.5. The van der Waals surface area contributed by atoms with E-state index < -0.39 is 0 Å². The van der Waals surface area contributed by atoms with Crippen LogP contribution >= 0.6 is 0 Å². The minimum Gasteiger partial charge on any atom is -0.343 e. The highest BCUT2D eigenvalue weighted by Gasteiger charge is 2.14. The summed E-state index contributed by atoms with van der Waals surface area (Å²) in [4.78, 5) is 8.14. The number of benzene rings is 1. The highest BCUT2D eigenvalue weighted by Crippen LogP contribution is 2.19. The summed E-state index contributed by atoms with van der Waals surface area (Å²) in [6.45, 7) is 0.492. The van der Waals surface area contributed by atoms with Crippen molar-refractivity contribution in [3.8, 4) is 0 Å². The molecule has 19 heavy (non-hydrogen) atoms. The number of hydrogen-bond donors (Lipinski definition) is 1. The normalized spacial score (nSPS) is 12.5. The lowest BCUT2D eigenvalue weighted by Gasteiger charge is -2.14. The van der Waals surface area contributed by atoms with Gasteiger partial charge in [-0.15, -0.1) is 0 Å². The molecule has 0 radical (unpaired) electrons. The van der Waals surface area contributed by atoms with E-state index in [2.05, 4.69) is 15.1 Å². The van der Waals surface area contributed by atoms with Gasteiger partial charge >= 0.3 is 0 Å². The van der Waals surface area contributed by atoms with Crippen molar-refractivity contribution < 1.29 is 4.52 Å². The molecule has 6 nitrogen and oxygen atoms in total. The van der Waals surface area contributed by atoms with Crippen molar-refractivity contribution in [3.63, 3.8) is 0 Å². The second-order valence-electron chi connectivity index (χ2n) is 4.18. The molecule has 1 atom stereocenters. The first-order valence-electron chi connectivity index (χ1n) is 5.90. The van der Waals surface area contributed by atoms with Gasteiger partial charge in [-0.1, -0.05) is 35.5 Å². The van der Waals surface area contributed by atoms with Crippen molar-refractivity contribution in [2.45, 2.75) is 12.6 Å². The van der Waals surface area contributed by atoms with Gasteiger partial charge < -0.3 is 14.8 Å². The van der Waals surface area contributed by atoms with Crippen LogP contribution in [0.15, 0.2) is 53.8 Å². The first-order chi connectivity index (χ1) is 9.34. The van der Waals surface area contributed by atoms with Crippen molar-refractivity contribution in [2.75, 3.05) is 0 Å². The van der Waals surface area contributed by atoms with Gasteiger partial charge in [0.2, 0.25) is 6.39 Å². The predicted octanol–water partition coefficient (Wildman–Crippen LogP) is 1.36. The number of rotatable bonds is 4. The zero-order chi connectivity index (χ0) is 13.1. The largest absolute Gasteiger partial charge is 0.343 e. The Kier molecular flexibility index (Phi) is 3.07. The Morgan fingerprint density at radius 1 is 1.26 bits per heavy atom. The third-order valence-electron chi connectivity index (χ3n) is 2.94. The van der Waals surface area contributed by atoms with Gasteiger partial charge in [0, 0.05) is 0 Å². The van der Waals surface area contributed by atoms with Gasteiger partial charge in [-0.05, 0) is 5.56 Å². The molecule has 2 aromatic heterocycles. The molecule has 0 saturated carbocycles. The number of nitrogens with two attached hydrogens (primary N) is 1. The Labute approximate surface area is 109 Å². The summed E-state index contributed by atoms with van der Waals surface area (Å²) < 4.78 is 6.64. The fraction of sp³-hybridized carbons (Fsp3) is 0.154. The molecule has 0 aliphatic rings. The van der Waals surface area contributed by atoms with E-state index >= 15 is 0 Å². The van der Waals surface area contributed by atoms with Crippen LogP contribution in [0.5, 0.6) is 0 Å². The SMILES string of the molecule is NC(c1ccccc1)c1cncn1Cc1ncon1. The molecule has 3 rings (SSSR count). The molecule has 1 unspecified atom stereocenters. The second kappa shape index (κ2) is 5.03. The van der Waals surface area contributed by atoms with E-state index in [-0.39, 0.29) is 6.04 Å². The molecule has 96 valence electrons. The molecule has 2 N–H and O–H groups in total. The van der Waals surface area contributed by atoms with Crippen LogP contribution in [0.1, 0.15) is 23.1 Å². The van der Waals surface area contributed by atoms with E-state index in [1.54, 1.807) is 12.5 Å². The molecule has 0 spiro atoms. The van der Waals surface area contributed by atoms with Gasteiger partial charge in [0.15, 0.2) is 5.82 Å². The van der Waals surface area contributed by atoms with Crippen LogP contribution in [0.25, 0.3) is 0 Å². The fourth-order valence-corrected chi connectivity index (χ4v) is 1.97. The van der Waals surface area contributed by atoms with E-state index in [1.165, 1.54) is 6.39 Å². The standard InChI is InChI=1S/C13H13N5O/c14-13(10-4-2-1-3-5-10)11-6-15-8-18(11)7-12-16-9-19-17-12/h1-6,8-9,13H,7,14H2. The van der Waals surface area contributed by atoms with Gasteiger partial charge in [-0.3, -0.25) is 0 Å². The first kappa shape index (κ1) is 11.6. The van der Waals surface area contributed by atoms with Gasteiger partial charge in [0.25, 0.3) is 0 Å². The van der Waals surface area contributed by atoms with Gasteiger partial charge in [0.05, 0.1) is 30.8 Å². The number of imidazole rings is 1. The van der Waals surface area contributed by atoms with E-state index in [1.807, 2.05) is 34.9 Å². The molecular formula is C13H13N5O. The fourth-order valence-electron chi connectivity index (χ4n) is 1.97. The zero-order valence-corrected chi connectivity index (χ0v) is 10.2. The summed E-state index contributed by atoms with van der Waals surface area (Å²) in [6, 6.07) is 9.67. The molecule has 2 heterocycles. The molecule has 0 amide bonds. The lowest BCUT2D eigenvalue weighted by Crippen LogP contribution is -2.17. The van der Waals surface area contributed by atoms with Gasteiger partial charge in [-0.25, -0.2) is 4.98 Å². The van der Waals surface area contributed by atoms with E-state index in [4.69, 9.17) is 10.3 Å². The molecule has 0 saturated heterocycles. The lowest BCUT2D eigenvalue weighted by molar-refractivity contribution is 0.407. The van der Waals surface area contributed by atoms with Crippen LogP contribution in [-0.2, 0) is 6.54 Å². The van der Waals surface area contributed by atoms with Crippen LogP contribution in [0, 0.1) is 0 Å². The molecule has 6 heteroatoms. The second-order valence-corrected chi connectivity index (χ2v) is 4.18. The molecular weight excluding hydrogens is 242 g/mol. The van der Waals surface area contributed by atoms with Crippen molar-refractivity contribution in [2.24, 2.45) is 5.73 Å². The van der Waals surface area contributed by atoms with Gasteiger partial charge in [0.1, 0.15) is 0 Å². The maximum atomic E-state index is 6.27. The topological polar surface area (TPSA) is 82.8 Å². The Bertz CT molecular complexity index is 632. The van der Waals surface area contributed by atoms with Crippen molar-refractivity contribution in [1.29, 1.82) is 0 Å². The maximum Gasteiger partial charge on any atom is 0.213 e. The highest BCUT2D eigenvalue weighted by molar-refractivity contribution is 5.26. The number of nitrogens with zero attached hydrogens (tertiary/aromatic N) is 4. The van der Waals surface area contributed by atoms with Crippen LogP contribution in [0.3, 0.4) is 0 Å². The molecule has 0 aliphatic heterocycles. The van der Waals surface area contributed by atoms with Crippen LogP contribution < -0.4 is 5.73 Å². The van der Waals surface area contributed by atoms with E-state index in [0.29, 0.717) is 12.4 Å². The quantitative estimate of drug-likeness (QED) is 0.761. The summed E-state index contributed by atoms with van der Waals surface area (Å²) >= 11 is 0. The molecule has 1 aromatic carbocycles. The van der Waals surface area contributed by atoms with E-state index in [0.717, 1.165) is 11.3 Å². The molecule has 0 fully saturated rings. The van der Waals surface area contributed by atoms with Crippen molar-refractivity contribution >= 4 is 0 Å². The summed E-state index contributed by atoms with van der Waals surface area (Å²) in [5, 5.41) is 3.79. The third-order valence-corrected chi connectivity index (χ3v) is 2.94. The number of aromatic nitrogens is 4. The zero-order valence-electron chi connectivity index (χ0n) is 10.2. The molecule has 0 bridgehead atoms. The predicted molar refractivity (Wildman–Crippen MR) is 68.1 cm³/mol. The van der Waals surface area contributed by atoms with Crippen molar-refractivity contribution in [3.05, 3.63) is 66.3 Å².